The topological polar surface area (TPSA) is 12.9 Å². The fourth-order valence-corrected chi connectivity index (χ4v) is 2.46. The van der Waals surface area contributed by atoms with Gasteiger partial charge in [0.05, 0.1) is 5.69 Å². The molecule has 0 aromatic carbocycles. The second-order valence-electron chi connectivity index (χ2n) is 2.00. The summed E-state index contributed by atoms with van der Waals surface area (Å²) in [5.41, 5.74) is 2.26. The Labute approximate surface area is 80.9 Å². The van der Waals surface area contributed by atoms with Gasteiger partial charge < -0.3 is 0 Å². The van der Waals surface area contributed by atoms with Crippen LogP contribution in [0.15, 0.2) is 26.1 Å². The van der Waals surface area contributed by atoms with Crippen LogP contribution in [-0.4, -0.2) is 4.98 Å². The molecule has 2 heterocycles. The molecular formula is C7H4BrNS2. The molecular weight excluding hydrogens is 242 g/mol. The van der Waals surface area contributed by atoms with Crippen LogP contribution in [0.3, 0.4) is 0 Å². The smallest absolute Gasteiger partial charge is 0.159 e. The molecule has 0 spiro atoms. The number of thiophene rings is 1. The van der Waals surface area contributed by atoms with Gasteiger partial charge in [0.25, 0.3) is 0 Å². The molecule has 0 aliphatic carbocycles. The van der Waals surface area contributed by atoms with Gasteiger partial charge in [0.1, 0.15) is 0 Å². The van der Waals surface area contributed by atoms with Crippen LogP contribution in [-0.2, 0) is 0 Å². The van der Waals surface area contributed by atoms with Gasteiger partial charge in [-0.1, -0.05) is 0 Å². The molecule has 0 radical (unpaired) electrons. The Morgan fingerprint density at radius 2 is 2.27 bits per heavy atom. The van der Waals surface area contributed by atoms with Crippen molar-refractivity contribution in [1.82, 2.24) is 4.98 Å². The van der Waals surface area contributed by atoms with Crippen LogP contribution in [0.1, 0.15) is 0 Å². The predicted octanol–water partition coefficient (Wildman–Crippen LogP) is 3.63. The second-order valence-corrected chi connectivity index (χ2v) is 4.91. The Balaban J connectivity index is 2.45. The van der Waals surface area contributed by atoms with E-state index in [1.165, 1.54) is 5.56 Å². The maximum absolute atomic E-state index is 4.30. The number of aromatic nitrogens is 1. The third kappa shape index (κ3) is 1.52. The highest BCUT2D eigenvalue weighted by molar-refractivity contribution is 9.11. The maximum Gasteiger partial charge on any atom is 0.159 e. The zero-order chi connectivity index (χ0) is 7.68. The summed E-state index contributed by atoms with van der Waals surface area (Å²) in [5.74, 6) is 0. The van der Waals surface area contributed by atoms with Gasteiger partial charge in [-0.05, 0) is 27.4 Å². The highest BCUT2D eigenvalue weighted by Gasteiger charge is 2.01. The normalized spacial score (nSPS) is 10.3. The van der Waals surface area contributed by atoms with Gasteiger partial charge in [-0.15, -0.1) is 11.3 Å². The highest BCUT2D eigenvalue weighted by Crippen LogP contribution is 2.26. The largest absolute Gasteiger partial charge is 0.229 e. The van der Waals surface area contributed by atoms with Crippen molar-refractivity contribution in [2.24, 2.45) is 0 Å². The zero-order valence-electron chi connectivity index (χ0n) is 5.45. The van der Waals surface area contributed by atoms with Crippen LogP contribution in [0.4, 0.5) is 0 Å². The molecule has 2 aromatic rings. The SMILES string of the molecule is Brc1nc(-c2ccsc2)cs1. The van der Waals surface area contributed by atoms with E-state index in [1.54, 1.807) is 22.7 Å². The first kappa shape index (κ1) is 7.46. The van der Waals surface area contributed by atoms with E-state index in [2.05, 4.69) is 37.7 Å². The van der Waals surface area contributed by atoms with Crippen LogP contribution in [0, 0.1) is 0 Å². The summed E-state index contributed by atoms with van der Waals surface area (Å²) in [6.07, 6.45) is 0. The molecule has 1 nitrogen and oxygen atoms in total. The van der Waals surface area contributed by atoms with Crippen LogP contribution < -0.4 is 0 Å². The Morgan fingerprint density at radius 1 is 1.36 bits per heavy atom. The molecule has 0 fully saturated rings. The van der Waals surface area contributed by atoms with E-state index in [0.29, 0.717) is 0 Å². The van der Waals surface area contributed by atoms with Crippen molar-refractivity contribution >= 4 is 38.6 Å². The molecule has 2 rings (SSSR count). The number of thiazole rings is 1. The molecule has 0 aliphatic heterocycles. The molecule has 0 atom stereocenters. The lowest BCUT2D eigenvalue weighted by atomic mass is 10.3. The van der Waals surface area contributed by atoms with Gasteiger partial charge in [-0.2, -0.15) is 11.3 Å². The summed E-state index contributed by atoms with van der Waals surface area (Å²) in [4.78, 5) is 4.30. The first-order valence-electron chi connectivity index (χ1n) is 3.00. The minimum Gasteiger partial charge on any atom is -0.229 e. The predicted molar refractivity (Wildman–Crippen MR) is 53.1 cm³/mol. The Bertz CT molecular complexity index is 339. The molecule has 0 amide bonds. The molecule has 0 saturated carbocycles. The summed E-state index contributed by atoms with van der Waals surface area (Å²) in [6.45, 7) is 0. The third-order valence-electron chi connectivity index (χ3n) is 1.29. The van der Waals surface area contributed by atoms with Crippen LogP contribution >= 0.6 is 38.6 Å². The average Bonchev–Trinajstić information content (AvgIpc) is 2.55. The van der Waals surface area contributed by atoms with Crippen LogP contribution in [0.2, 0.25) is 0 Å². The monoisotopic (exact) mass is 245 g/mol. The van der Waals surface area contributed by atoms with E-state index in [0.717, 1.165) is 9.61 Å². The highest BCUT2D eigenvalue weighted by atomic mass is 79.9. The van der Waals surface area contributed by atoms with Crippen LogP contribution in [0.25, 0.3) is 11.3 Å². The van der Waals surface area contributed by atoms with Crippen LogP contribution in [0.5, 0.6) is 0 Å². The average molecular weight is 246 g/mol. The maximum atomic E-state index is 4.30. The van der Waals surface area contributed by atoms with Crippen molar-refractivity contribution in [2.75, 3.05) is 0 Å². The first-order valence-corrected chi connectivity index (χ1v) is 5.61. The fraction of sp³-hybridized carbons (Fsp3) is 0. The lowest BCUT2D eigenvalue weighted by Gasteiger charge is -1.84. The zero-order valence-corrected chi connectivity index (χ0v) is 8.67. The van der Waals surface area contributed by atoms with Crippen molar-refractivity contribution in [1.29, 1.82) is 0 Å². The van der Waals surface area contributed by atoms with E-state index in [1.807, 2.05) is 5.38 Å². The Hall–Kier alpha value is -0.190. The number of halogens is 1. The van der Waals surface area contributed by atoms with Crippen molar-refractivity contribution in [2.45, 2.75) is 0 Å². The van der Waals surface area contributed by atoms with E-state index < -0.39 is 0 Å². The molecule has 2 aromatic heterocycles. The fourth-order valence-electron chi connectivity index (χ4n) is 0.795. The molecule has 0 aliphatic rings. The van der Waals surface area contributed by atoms with Crippen molar-refractivity contribution in [3.63, 3.8) is 0 Å². The van der Waals surface area contributed by atoms with Gasteiger partial charge in [-0.3, -0.25) is 0 Å². The lowest BCUT2D eigenvalue weighted by Crippen LogP contribution is -1.69. The van der Waals surface area contributed by atoms with Crippen molar-refractivity contribution < 1.29 is 0 Å². The molecule has 4 heteroatoms. The summed E-state index contributed by atoms with van der Waals surface area (Å²) in [7, 11) is 0. The number of rotatable bonds is 1. The molecule has 0 N–H and O–H groups in total. The Morgan fingerprint density at radius 3 is 2.82 bits per heavy atom. The van der Waals surface area contributed by atoms with E-state index in [4.69, 9.17) is 0 Å². The van der Waals surface area contributed by atoms with Gasteiger partial charge in [0.15, 0.2) is 3.92 Å². The number of hydrogen-bond donors (Lipinski definition) is 0. The quantitative estimate of drug-likeness (QED) is 0.748. The molecule has 0 saturated heterocycles. The minimum atomic E-state index is 0.943. The van der Waals surface area contributed by atoms with E-state index >= 15 is 0 Å². The summed E-state index contributed by atoms with van der Waals surface area (Å²) >= 11 is 6.63. The van der Waals surface area contributed by atoms with Gasteiger partial charge in [-0.25, -0.2) is 4.98 Å². The van der Waals surface area contributed by atoms with Gasteiger partial charge >= 0.3 is 0 Å². The first-order chi connectivity index (χ1) is 5.36. The minimum absolute atomic E-state index is 0.943. The summed E-state index contributed by atoms with van der Waals surface area (Å²) < 4.78 is 0.943. The second kappa shape index (κ2) is 3.05. The summed E-state index contributed by atoms with van der Waals surface area (Å²) in [5, 5.41) is 6.20. The van der Waals surface area contributed by atoms with E-state index in [9.17, 15) is 0 Å². The molecule has 0 unspecified atom stereocenters. The summed E-state index contributed by atoms with van der Waals surface area (Å²) in [6, 6.07) is 2.08. The third-order valence-corrected chi connectivity index (χ3v) is 3.34. The molecule has 11 heavy (non-hydrogen) atoms. The van der Waals surface area contributed by atoms with E-state index in [-0.39, 0.29) is 0 Å². The number of nitrogens with zero attached hydrogens (tertiary/aromatic N) is 1. The number of hydrogen-bond acceptors (Lipinski definition) is 3. The standard InChI is InChI=1S/C7H4BrNS2/c8-7-9-6(4-11-7)5-1-2-10-3-5/h1-4H. The van der Waals surface area contributed by atoms with Gasteiger partial charge in [0, 0.05) is 16.3 Å². The van der Waals surface area contributed by atoms with Crippen molar-refractivity contribution in [3.8, 4) is 11.3 Å². The van der Waals surface area contributed by atoms with Gasteiger partial charge in [0.2, 0.25) is 0 Å². The molecule has 0 bridgehead atoms. The Kier molecular flexibility index (Phi) is 2.07. The molecule has 56 valence electrons. The lowest BCUT2D eigenvalue weighted by molar-refractivity contribution is 1.38. The van der Waals surface area contributed by atoms with Crippen molar-refractivity contribution in [3.05, 3.63) is 26.1 Å².